The molecule has 0 saturated carbocycles. The number of hydrogen-bond donors (Lipinski definition) is 1. The lowest BCUT2D eigenvalue weighted by atomic mass is 10.2. The second-order valence-electron chi connectivity index (χ2n) is 5.75. The third-order valence-electron chi connectivity index (χ3n) is 3.83. The zero-order valence-corrected chi connectivity index (χ0v) is 16.2. The Labute approximate surface area is 157 Å². The van der Waals surface area contributed by atoms with E-state index in [1.54, 1.807) is 12.1 Å². The van der Waals surface area contributed by atoms with E-state index in [9.17, 15) is 17.6 Å². The summed E-state index contributed by atoms with van der Waals surface area (Å²) in [5.41, 5.74) is 0.182. The summed E-state index contributed by atoms with van der Waals surface area (Å²) in [5.74, 6) is -0.491. The van der Waals surface area contributed by atoms with Crippen molar-refractivity contribution in [2.45, 2.75) is 13.0 Å². The number of anilines is 2. The zero-order valence-electron chi connectivity index (χ0n) is 15.4. The number of benzene rings is 2. The molecular weight excluding hydrogens is 375 g/mol. The Morgan fingerprint density at radius 3 is 2.30 bits per heavy atom. The molecule has 2 aromatic rings. The van der Waals surface area contributed by atoms with Crippen LogP contribution in [0.1, 0.15) is 6.92 Å². The first-order chi connectivity index (χ1) is 12.7. The van der Waals surface area contributed by atoms with E-state index in [1.807, 2.05) is 0 Å². The standard InChI is InChI=1S/C18H21FN2O5S/c1-12(21(27(4,23)24)15-8-6-5-7-14(15)19)18(22)20-13-9-10-16(25-2)17(11-13)26-3/h5-12H,1-4H3,(H,20,22)/t12-/m0/s1. The number of carbonyl (C=O) groups is 1. The molecule has 0 spiro atoms. The van der Waals surface area contributed by atoms with Crippen molar-refractivity contribution in [3.8, 4) is 11.5 Å². The van der Waals surface area contributed by atoms with Gasteiger partial charge in [-0.2, -0.15) is 0 Å². The van der Waals surface area contributed by atoms with E-state index < -0.39 is 27.8 Å². The molecule has 0 heterocycles. The molecular formula is C18H21FN2O5S. The van der Waals surface area contributed by atoms with Gasteiger partial charge >= 0.3 is 0 Å². The Hall–Kier alpha value is -2.81. The molecule has 0 fully saturated rings. The summed E-state index contributed by atoms with van der Waals surface area (Å²) in [6, 6.07) is 8.90. The van der Waals surface area contributed by atoms with E-state index >= 15 is 0 Å². The predicted octanol–water partition coefficient (Wildman–Crippen LogP) is 2.64. The highest BCUT2D eigenvalue weighted by molar-refractivity contribution is 7.92. The third-order valence-corrected chi connectivity index (χ3v) is 5.06. The molecule has 9 heteroatoms. The van der Waals surface area contributed by atoms with Gasteiger partial charge < -0.3 is 14.8 Å². The molecule has 0 unspecified atom stereocenters. The van der Waals surface area contributed by atoms with Crippen molar-refractivity contribution in [1.29, 1.82) is 0 Å². The van der Waals surface area contributed by atoms with Gasteiger partial charge in [0.15, 0.2) is 11.5 Å². The first-order valence-electron chi connectivity index (χ1n) is 7.96. The molecule has 27 heavy (non-hydrogen) atoms. The number of halogens is 1. The average Bonchev–Trinajstić information content (AvgIpc) is 2.62. The van der Waals surface area contributed by atoms with Gasteiger partial charge in [0.05, 0.1) is 26.2 Å². The van der Waals surface area contributed by atoms with E-state index in [-0.39, 0.29) is 5.69 Å². The highest BCUT2D eigenvalue weighted by Crippen LogP contribution is 2.30. The fourth-order valence-electron chi connectivity index (χ4n) is 2.57. The molecule has 0 aliphatic heterocycles. The highest BCUT2D eigenvalue weighted by Gasteiger charge is 2.31. The summed E-state index contributed by atoms with van der Waals surface area (Å²) in [7, 11) is -0.976. The molecule has 0 aliphatic carbocycles. The zero-order chi connectivity index (χ0) is 20.2. The fourth-order valence-corrected chi connectivity index (χ4v) is 3.75. The first kappa shape index (κ1) is 20.5. The number of para-hydroxylation sites is 1. The van der Waals surface area contributed by atoms with Crippen molar-refractivity contribution in [3.05, 3.63) is 48.3 Å². The molecule has 1 atom stereocenters. The maximum atomic E-state index is 14.1. The van der Waals surface area contributed by atoms with Gasteiger partial charge in [-0.25, -0.2) is 12.8 Å². The van der Waals surface area contributed by atoms with Crippen molar-refractivity contribution in [1.82, 2.24) is 0 Å². The van der Waals surface area contributed by atoms with Crippen molar-refractivity contribution in [2.24, 2.45) is 0 Å². The first-order valence-corrected chi connectivity index (χ1v) is 9.80. The topological polar surface area (TPSA) is 84.9 Å². The summed E-state index contributed by atoms with van der Waals surface area (Å²) < 4.78 is 49.6. The van der Waals surface area contributed by atoms with Crippen LogP contribution in [0.4, 0.5) is 15.8 Å². The number of hydrogen-bond acceptors (Lipinski definition) is 5. The fraction of sp³-hybridized carbons (Fsp3) is 0.278. The Morgan fingerprint density at radius 2 is 1.74 bits per heavy atom. The van der Waals surface area contributed by atoms with Crippen LogP contribution in [0.2, 0.25) is 0 Å². The molecule has 7 nitrogen and oxygen atoms in total. The molecule has 1 amide bonds. The van der Waals surface area contributed by atoms with Gasteiger partial charge in [0.2, 0.25) is 15.9 Å². The maximum Gasteiger partial charge on any atom is 0.247 e. The smallest absolute Gasteiger partial charge is 0.247 e. The monoisotopic (exact) mass is 396 g/mol. The van der Waals surface area contributed by atoms with Crippen molar-refractivity contribution < 1.29 is 27.1 Å². The van der Waals surface area contributed by atoms with Gasteiger partial charge in [-0.15, -0.1) is 0 Å². The van der Waals surface area contributed by atoms with Gasteiger partial charge in [0.25, 0.3) is 0 Å². The summed E-state index contributed by atoms with van der Waals surface area (Å²) in [6.07, 6.45) is 0.916. The van der Waals surface area contributed by atoms with Crippen molar-refractivity contribution >= 4 is 27.3 Å². The second kappa shape index (κ2) is 8.26. The summed E-state index contributed by atoms with van der Waals surface area (Å²) in [6.45, 7) is 1.38. The Kier molecular flexibility index (Phi) is 6.27. The van der Waals surface area contributed by atoms with Gasteiger partial charge in [0.1, 0.15) is 11.9 Å². The third kappa shape index (κ3) is 4.68. The minimum atomic E-state index is -3.91. The van der Waals surface area contributed by atoms with Crippen LogP contribution < -0.4 is 19.1 Å². The number of carbonyl (C=O) groups excluding carboxylic acids is 1. The van der Waals surface area contributed by atoms with Crippen LogP contribution in [-0.4, -0.2) is 40.8 Å². The molecule has 0 radical (unpaired) electrons. The Bertz CT molecular complexity index is 933. The van der Waals surface area contributed by atoms with Crippen LogP contribution in [-0.2, 0) is 14.8 Å². The number of amides is 1. The quantitative estimate of drug-likeness (QED) is 0.778. The van der Waals surface area contributed by atoms with E-state index in [1.165, 1.54) is 45.4 Å². The van der Waals surface area contributed by atoms with Crippen molar-refractivity contribution in [2.75, 3.05) is 30.1 Å². The average molecular weight is 396 g/mol. The summed E-state index contributed by atoms with van der Waals surface area (Å²) >= 11 is 0. The lowest BCUT2D eigenvalue weighted by molar-refractivity contribution is -0.116. The number of nitrogens with zero attached hydrogens (tertiary/aromatic N) is 1. The van der Waals surface area contributed by atoms with E-state index in [2.05, 4.69) is 5.32 Å². The molecule has 1 N–H and O–H groups in total. The van der Waals surface area contributed by atoms with Crippen LogP contribution in [0.15, 0.2) is 42.5 Å². The second-order valence-corrected chi connectivity index (χ2v) is 7.60. The SMILES string of the molecule is COc1ccc(NC(=O)[C@H](C)N(c2ccccc2F)S(C)(=O)=O)cc1OC. The van der Waals surface area contributed by atoms with Gasteiger partial charge in [0, 0.05) is 11.8 Å². The molecule has 0 aromatic heterocycles. The van der Waals surface area contributed by atoms with Crippen LogP contribution in [0.3, 0.4) is 0 Å². The van der Waals surface area contributed by atoms with Gasteiger partial charge in [-0.1, -0.05) is 12.1 Å². The van der Waals surface area contributed by atoms with Crippen molar-refractivity contribution in [3.63, 3.8) is 0 Å². The highest BCUT2D eigenvalue weighted by atomic mass is 32.2. The van der Waals surface area contributed by atoms with Gasteiger partial charge in [-0.3, -0.25) is 9.10 Å². The molecule has 146 valence electrons. The minimum absolute atomic E-state index is 0.199. The number of rotatable bonds is 7. The van der Waals surface area contributed by atoms with Crippen LogP contribution in [0.25, 0.3) is 0 Å². The molecule has 2 rings (SSSR count). The number of nitrogens with one attached hydrogen (secondary N) is 1. The normalized spacial score (nSPS) is 12.2. The lowest BCUT2D eigenvalue weighted by Crippen LogP contribution is -2.45. The Morgan fingerprint density at radius 1 is 1.11 bits per heavy atom. The van der Waals surface area contributed by atoms with Crippen LogP contribution in [0, 0.1) is 5.82 Å². The van der Waals surface area contributed by atoms with Gasteiger partial charge in [-0.05, 0) is 31.2 Å². The number of sulfonamides is 1. The number of ether oxygens (including phenoxy) is 2. The van der Waals surface area contributed by atoms with E-state index in [0.29, 0.717) is 17.2 Å². The molecule has 0 saturated heterocycles. The minimum Gasteiger partial charge on any atom is -0.493 e. The van der Waals surface area contributed by atoms with E-state index in [0.717, 1.165) is 16.6 Å². The van der Waals surface area contributed by atoms with Crippen LogP contribution >= 0.6 is 0 Å². The molecule has 0 aliphatic rings. The summed E-state index contributed by atoms with van der Waals surface area (Å²) in [5, 5.41) is 2.61. The van der Waals surface area contributed by atoms with Crippen LogP contribution in [0.5, 0.6) is 11.5 Å². The molecule has 0 bridgehead atoms. The predicted molar refractivity (Wildman–Crippen MR) is 101 cm³/mol. The largest absolute Gasteiger partial charge is 0.493 e. The van der Waals surface area contributed by atoms with E-state index in [4.69, 9.17) is 9.47 Å². The maximum absolute atomic E-state index is 14.1. The lowest BCUT2D eigenvalue weighted by Gasteiger charge is -2.28. The molecule has 2 aromatic carbocycles. The summed E-state index contributed by atoms with van der Waals surface area (Å²) in [4.78, 5) is 12.6. The Balaban J connectivity index is 2.32. The number of methoxy groups -OCH3 is 2.